The molecule has 4 aromatic rings. The van der Waals surface area contributed by atoms with E-state index in [4.69, 9.17) is 9.72 Å². The molecule has 2 atom stereocenters. The molecule has 40 heavy (non-hydrogen) atoms. The van der Waals surface area contributed by atoms with Gasteiger partial charge in [0, 0.05) is 48.3 Å². The van der Waals surface area contributed by atoms with Crippen LogP contribution in [0.15, 0.2) is 54.9 Å². The summed E-state index contributed by atoms with van der Waals surface area (Å²) < 4.78 is 21.6. The Hall–Kier alpha value is -3.91. The lowest BCUT2D eigenvalue weighted by molar-refractivity contribution is -0.120. The molecule has 8 heteroatoms. The molecule has 1 saturated heterocycles. The van der Waals surface area contributed by atoms with E-state index >= 15 is 4.39 Å². The summed E-state index contributed by atoms with van der Waals surface area (Å²) in [5.41, 5.74) is 3.01. The maximum atomic E-state index is 15.1. The highest BCUT2D eigenvalue weighted by Crippen LogP contribution is 2.71. The Kier molecular flexibility index (Phi) is 6.23. The Bertz CT molecular complexity index is 1610. The Morgan fingerprint density at radius 1 is 1.12 bits per heavy atom. The Labute approximate surface area is 232 Å². The average Bonchev–Trinajstić information content (AvgIpc) is 3.91. The first-order valence-corrected chi connectivity index (χ1v) is 14.2. The minimum atomic E-state index is -0.353. The van der Waals surface area contributed by atoms with Crippen LogP contribution < -0.4 is 15.4 Å². The lowest BCUT2D eigenvalue weighted by Gasteiger charge is -2.23. The molecule has 2 aliphatic carbocycles. The number of piperidine rings is 1. The van der Waals surface area contributed by atoms with E-state index in [9.17, 15) is 4.79 Å². The number of fused-ring (bicyclic) bond motifs is 1. The van der Waals surface area contributed by atoms with Crippen LogP contribution in [-0.4, -0.2) is 39.9 Å². The van der Waals surface area contributed by atoms with E-state index in [1.807, 2.05) is 37.3 Å². The summed E-state index contributed by atoms with van der Waals surface area (Å²) in [7, 11) is 0. The summed E-state index contributed by atoms with van der Waals surface area (Å²) in [5.74, 6) is 1.45. The smallest absolute Gasteiger partial charge is 0.228 e. The number of ketones is 1. The maximum Gasteiger partial charge on any atom is 0.228 e. The van der Waals surface area contributed by atoms with Crippen molar-refractivity contribution in [2.45, 2.75) is 51.5 Å². The molecule has 204 valence electrons. The number of aromatic nitrogens is 3. The van der Waals surface area contributed by atoms with Crippen LogP contribution in [0.25, 0.3) is 22.0 Å². The molecular weight excluding hydrogens is 505 g/mol. The molecular formula is C32H32FN5O2. The van der Waals surface area contributed by atoms with Crippen LogP contribution in [0.5, 0.6) is 11.6 Å². The number of hydrogen-bond acceptors (Lipinski definition) is 7. The molecule has 7 nitrogen and oxygen atoms in total. The number of nitrogens with zero attached hydrogens (tertiary/aromatic N) is 3. The van der Waals surface area contributed by atoms with Gasteiger partial charge in [-0.25, -0.2) is 19.3 Å². The van der Waals surface area contributed by atoms with Crippen molar-refractivity contribution in [2.24, 2.45) is 11.3 Å². The Morgan fingerprint density at radius 2 is 2.00 bits per heavy atom. The zero-order chi connectivity index (χ0) is 27.3. The molecule has 2 aromatic heterocycles. The van der Waals surface area contributed by atoms with Crippen molar-refractivity contribution in [1.29, 1.82) is 0 Å². The number of ether oxygens (including phenoxy) is 1. The third kappa shape index (κ3) is 4.70. The van der Waals surface area contributed by atoms with Gasteiger partial charge >= 0.3 is 0 Å². The van der Waals surface area contributed by atoms with Gasteiger partial charge < -0.3 is 15.4 Å². The number of pyridine rings is 1. The van der Waals surface area contributed by atoms with Crippen molar-refractivity contribution in [2.75, 3.05) is 18.4 Å². The second-order valence-electron chi connectivity index (χ2n) is 11.5. The highest BCUT2D eigenvalue weighted by atomic mass is 19.1. The number of halogens is 1. The maximum absolute atomic E-state index is 15.1. The lowest BCUT2D eigenvalue weighted by atomic mass is 9.96. The van der Waals surface area contributed by atoms with Crippen molar-refractivity contribution < 1.29 is 13.9 Å². The molecule has 2 N–H and O–H groups in total. The predicted molar refractivity (Wildman–Crippen MR) is 152 cm³/mol. The van der Waals surface area contributed by atoms with E-state index in [2.05, 4.69) is 20.6 Å². The molecule has 3 heterocycles. The number of benzene rings is 2. The number of Topliss-reactive ketones (excluding diaryl/α,β-unsaturated/α-hetero) is 1. The molecule has 7 rings (SSSR count). The molecule has 3 aliphatic rings. The number of hydrogen-bond donors (Lipinski definition) is 2. The monoisotopic (exact) mass is 537 g/mol. The molecule has 0 radical (unpaired) electrons. The second-order valence-corrected chi connectivity index (χ2v) is 11.5. The fourth-order valence-electron chi connectivity index (χ4n) is 6.15. The topological polar surface area (TPSA) is 89.0 Å². The summed E-state index contributed by atoms with van der Waals surface area (Å²) in [4.78, 5) is 26.7. The van der Waals surface area contributed by atoms with E-state index in [0.717, 1.165) is 61.7 Å². The van der Waals surface area contributed by atoms with Gasteiger partial charge in [-0.2, -0.15) is 0 Å². The van der Waals surface area contributed by atoms with Gasteiger partial charge in [0.25, 0.3) is 0 Å². The lowest BCUT2D eigenvalue weighted by Crippen LogP contribution is -2.38. The van der Waals surface area contributed by atoms with Gasteiger partial charge in [0.15, 0.2) is 0 Å². The number of carbonyl (C=O) groups excluding carboxylic acids is 1. The van der Waals surface area contributed by atoms with Gasteiger partial charge in [-0.1, -0.05) is 12.1 Å². The predicted octanol–water partition coefficient (Wildman–Crippen LogP) is 6.01. The number of nitrogens with one attached hydrogen (secondary N) is 2. The molecule has 0 unspecified atom stereocenters. The van der Waals surface area contributed by atoms with Crippen molar-refractivity contribution in [3.05, 3.63) is 71.8 Å². The summed E-state index contributed by atoms with van der Waals surface area (Å²) in [6.45, 7) is 3.87. The Morgan fingerprint density at radius 3 is 2.80 bits per heavy atom. The average molecular weight is 538 g/mol. The van der Waals surface area contributed by atoms with E-state index in [-0.39, 0.29) is 35.4 Å². The van der Waals surface area contributed by atoms with E-state index in [0.29, 0.717) is 34.2 Å². The number of carbonyl (C=O) groups is 1. The van der Waals surface area contributed by atoms with Gasteiger partial charge in [-0.3, -0.25) is 4.79 Å². The van der Waals surface area contributed by atoms with Crippen molar-refractivity contribution in [3.8, 4) is 22.9 Å². The van der Waals surface area contributed by atoms with Gasteiger partial charge in [-0.15, -0.1) is 0 Å². The molecule has 2 aromatic carbocycles. The zero-order valence-electron chi connectivity index (χ0n) is 22.5. The summed E-state index contributed by atoms with van der Waals surface area (Å²) in [5, 5.41) is 8.29. The van der Waals surface area contributed by atoms with Crippen LogP contribution in [0.2, 0.25) is 0 Å². The van der Waals surface area contributed by atoms with E-state index in [1.165, 1.54) is 6.07 Å². The number of anilines is 1. The normalized spacial score (nSPS) is 20.9. The minimum Gasteiger partial charge on any atom is -0.437 e. The molecule has 1 spiro atoms. The molecule has 3 fully saturated rings. The highest BCUT2D eigenvalue weighted by Gasteiger charge is 2.65. The number of aryl methyl sites for hydroxylation is 1. The van der Waals surface area contributed by atoms with Crippen LogP contribution in [-0.2, 0) is 11.2 Å². The second kappa shape index (κ2) is 9.93. The van der Waals surface area contributed by atoms with Crippen molar-refractivity contribution in [3.63, 3.8) is 0 Å². The molecule has 0 amide bonds. The van der Waals surface area contributed by atoms with Crippen molar-refractivity contribution >= 4 is 22.5 Å². The first kappa shape index (κ1) is 25.1. The largest absolute Gasteiger partial charge is 0.437 e. The van der Waals surface area contributed by atoms with Crippen LogP contribution in [0.1, 0.15) is 43.2 Å². The third-order valence-corrected chi connectivity index (χ3v) is 8.76. The molecule has 0 bridgehead atoms. The summed E-state index contributed by atoms with van der Waals surface area (Å²) in [6, 6.07) is 12.9. The molecule has 2 saturated carbocycles. The summed E-state index contributed by atoms with van der Waals surface area (Å²) >= 11 is 0. The fraction of sp³-hybridized carbons (Fsp3) is 0.375. The number of rotatable bonds is 8. The quantitative estimate of drug-likeness (QED) is 0.285. The summed E-state index contributed by atoms with van der Waals surface area (Å²) in [6.07, 6.45) is 8.94. The van der Waals surface area contributed by atoms with Crippen molar-refractivity contribution in [1.82, 2.24) is 20.3 Å². The van der Waals surface area contributed by atoms with Gasteiger partial charge in [0.1, 0.15) is 17.3 Å². The highest BCUT2D eigenvalue weighted by molar-refractivity contribution is 5.97. The van der Waals surface area contributed by atoms with Crippen LogP contribution in [0, 0.1) is 24.1 Å². The van der Waals surface area contributed by atoms with Gasteiger partial charge in [0.05, 0.1) is 11.3 Å². The standard InChI is InChI=1S/C32H32FN5O2/c1-19-6-7-21-22(8-9-26(33)24(21)16-28(39)25-17-32(25)11-12-32)29(19)40-30-23(5-3-14-35-30)27-10-15-36-31(38-27)37-20-4-2-13-34-18-20/h3,5-10,14-15,20,25,34H,2,4,11-13,16-18H2,1H3,(H,36,37,38)/t20-,25+/m0/s1. The fourth-order valence-corrected chi connectivity index (χ4v) is 6.15. The van der Waals surface area contributed by atoms with Crippen LogP contribution in [0.3, 0.4) is 0 Å². The zero-order valence-corrected chi connectivity index (χ0v) is 22.5. The first-order valence-electron chi connectivity index (χ1n) is 14.2. The van der Waals surface area contributed by atoms with E-state index < -0.39 is 0 Å². The van der Waals surface area contributed by atoms with Crippen LogP contribution >= 0.6 is 0 Å². The van der Waals surface area contributed by atoms with Gasteiger partial charge in [0.2, 0.25) is 11.8 Å². The van der Waals surface area contributed by atoms with Crippen LogP contribution in [0.4, 0.5) is 10.3 Å². The Balaban J connectivity index is 1.20. The van der Waals surface area contributed by atoms with Gasteiger partial charge in [-0.05, 0) is 92.3 Å². The third-order valence-electron chi connectivity index (χ3n) is 8.76. The minimum absolute atomic E-state index is 0.0982. The SMILES string of the molecule is Cc1ccc2c(CC(=O)[C@H]3CC34CC4)c(F)ccc2c1Oc1ncccc1-c1ccnc(N[C@H]2CCCNC2)n1. The molecule has 1 aliphatic heterocycles. The van der Waals surface area contributed by atoms with E-state index in [1.54, 1.807) is 18.5 Å². The first-order chi connectivity index (χ1) is 19.5.